The maximum absolute atomic E-state index is 4.61. The molecule has 0 atom stereocenters. The van der Waals surface area contributed by atoms with Crippen molar-refractivity contribution in [1.29, 1.82) is 0 Å². The Hall–Kier alpha value is -0.850. The van der Waals surface area contributed by atoms with Crippen LogP contribution in [0, 0.1) is 6.92 Å². The van der Waals surface area contributed by atoms with E-state index >= 15 is 0 Å². The minimum Gasteiger partial charge on any atom is -0.357 e. The summed E-state index contributed by atoms with van der Waals surface area (Å²) in [5.74, 6) is 1.77. The maximum Gasteiger partial charge on any atom is 0.224 e. The molecule has 2 aromatic rings. The zero-order chi connectivity index (χ0) is 14.5. The Bertz CT molecular complexity index is 564. The van der Waals surface area contributed by atoms with Crippen molar-refractivity contribution < 1.29 is 0 Å². The Morgan fingerprint density at radius 2 is 2.05 bits per heavy atom. The van der Waals surface area contributed by atoms with Gasteiger partial charge in [0.25, 0.3) is 0 Å². The Kier molecular flexibility index (Phi) is 5.63. The number of thioether (sulfide) groups is 1. The average Bonchev–Trinajstić information content (AvgIpc) is 2.83. The molecule has 0 saturated heterocycles. The first-order valence-electron chi connectivity index (χ1n) is 6.99. The molecule has 2 heterocycles. The fourth-order valence-corrected chi connectivity index (χ4v) is 4.00. The zero-order valence-electron chi connectivity index (χ0n) is 12.6. The molecule has 20 heavy (non-hydrogen) atoms. The minimum absolute atomic E-state index is 0.713. The number of hydrogen-bond donors (Lipinski definition) is 1. The van der Waals surface area contributed by atoms with Gasteiger partial charge >= 0.3 is 0 Å². The third-order valence-electron chi connectivity index (χ3n) is 3.25. The van der Waals surface area contributed by atoms with E-state index in [9.17, 15) is 0 Å². The molecule has 1 N–H and O–H groups in total. The van der Waals surface area contributed by atoms with Gasteiger partial charge in [0.05, 0.1) is 0 Å². The first kappa shape index (κ1) is 15.5. The standard InChI is InChI=1S/C14H22N4S2/c1-5-18(6-2)7-8-19-12-11-9-10(3)20-13(11)17-14(15-4)16-12/h9H,5-8H2,1-4H3,(H,15,16,17). The summed E-state index contributed by atoms with van der Waals surface area (Å²) in [6.07, 6.45) is 0. The first-order valence-corrected chi connectivity index (χ1v) is 8.79. The van der Waals surface area contributed by atoms with Crippen molar-refractivity contribution in [3.8, 4) is 0 Å². The van der Waals surface area contributed by atoms with Crippen LogP contribution in [-0.2, 0) is 0 Å². The molecule has 2 rings (SSSR count). The predicted molar refractivity (Wildman–Crippen MR) is 90.2 cm³/mol. The summed E-state index contributed by atoms with van der Waals surface area (Å²) >= 11 is 3.56. The predicted octanol–water partition coefficient (Wildman–Crippen LogP) is 3.48. The molecule has 0 saturated carbocycles. The number of fused-ring (bicyclic) bond motifs is 1. The quantitative estimate of drug-likeness (QED) is 0.626. The largest absolute Gasteiger partial charge is 0.357 e. The van der Waals surface area contributed by atoms with Gasteiger partial charge in [0.1, 0.15) is 9.86 Å². The van der Waals surface area contributed by atoms with Crippen LogP contribution in [0.25, 0.3) is 10.2 Å². The van der Waals surface area contributed by atoms with Crippen LogP contribution in [0.4, 0.5) is 5.95 Å². The van der Waals surface area contributed by atoms with E-state index in [0.717, 1.165) is 35.2 Å². The van der Waals surface area contributed by atoms with Crippen molar-refractivity contribution in [3.63, 3.8) is 0 Å². The fraction of sp³-hybridized carbons (Fsp3) is 0.571. The van der Waals surface area contributed by atoms with E-state index < -0.39 is 0 Å². The van der Waals surface area contributed by atoms with Gasteiger partial charge in [-0.1, -0.05) is 13.8 Å². The SMILES string of the molecule is CCN(CC)CCSc1nc(NC)nc2sc(C)cc12. The second-order valence-corrected chi connectivity index (χ2v) is 6.87. The molecule has 2 aromatic heterocycles. The first-order chi connectivity index (χ1) is 9.67. The third-order valence-corrected chi connectivity index (χ3v) is 5.16. The topological polar surface area (TPSA) is 41.1 Å². The van der Waals surface area contributed by atoms with Crippen molar-refractivity contribution in [3.05, 3.63) is 10.9 Å². The van der Waals surface area contributed by atoms with Gasteiger partial charge in [0.15, 0.2) is 0 Å². The van der Waals surface area contributed by atoms with Crippen LogP contribution >= 0.6 is 23.1 Å². The van der Waals surface area contributed by atoms with Gasteiger partial charge in [-0.3, -0.25) is 0 Å². The van der Waals surface area contributed by atoms with Crippen molar-refractivity contribution in [2.75, 3.05) is 37.8 Å². The molecule has 0 fully saturated rings. The number of nitrogens with one attached hydrogen (secondary N) is 1. The van der Waals surface area contributed by atoms with Crippen LogP contribution in [-0.4, -0.2) is 47.3 Å². The molecule has 0 bridgehead atoms. The summed E-state index contributed by atoms with van der Waals surface area (Å²) < 4.78 is 0. The number of anilines is 1. The summed E-state index contributed by atoms with van der Waals surface area (Å²) in [7, 11) is 1.87. The molecule has 6 heteroatoms. The van der Waals surface area contributed by atoms with E-state index in [-0.39, 0.29) is 0 Å². The lowest BCUT2D eigenvalue weighted by molar-refractivity contribution is 0.324. The molecule has 0 spiro atoms. The molecule has 0 aliphatic carbocycles. The molecule has 0 aliphatic heterocycles. The molecule has 0 aliphatic rings. The maximum atomic E-state index is 4.61. The molecule has 4 nitrogen and oxygen atoms in total. The lowest BCUT2D eigenvalue weighted by Gasteiger charge is -2.17. The van der Waals surface area contributed by atoms with Crippen molar-refractivity contribution >= 4 is 39.3 Å². The Labute approximate surface area is 129 Å². The van der Waals surface area contributed by atoms with Crippen LogP contribution < -0.4 is 5.32 Å². The van der Waals surface area contributed by atoms with Crippen LogP contribution in [0.5, 0.6) is 0 Å². The number of thiophene rings is 1. The number of aryl methyl sites for hydroxylation is 1. The van der Waals surface area contributed by atoms with Gasteiger partial charge < -0.3 is 10.2 Å². The average molecular weight is 310 g/mol. The molecule has 0 unspecified atom stereocenters. The van der Waals surface area contributed by atoms with Crippen molar-refractivity contribution in [2.45, 2.75) is 25.8 Å². The van der Waals surface area contributed by atoms with Crippen molar-refractivity contribution in [1.82, 2.24) is 14.9 Å². The Balaban J connectivity index is 2.15. The van der Waals surface area contributed by atoms with Gasteiger partial charge in [-0.25, -0.2) is 9.97 Å². The van der Waals surface area contributed by atoms with Crippen molar-refractivity contribution in [2.24, 2.45) is 0 Å². The van der Waals surface area contributed by atoms with Gasteiger partial charge in [-0.2, -0.15) is 0 Å². The molecule has 0 radical (unpaired) electrons. The van der Waals surface area contributed by atoms with E-state index in [4.69, 9.17) is 0 Å². The zero-order valence-corrected chi connectivity index (χ0v) is 14.2. The van der Waals surface area contributed by atoms with E-state index in [1.54, 1.807) is 11.3 Å². The van der Waals surface area contributed by atoms with E-state index in [1.807, 2.05) is 18.8 Å². The lowest BCUT2D eigenvalue weighted by atomic mass is 10.4. The highest BCUT2D eigenvalue weighted by Gasteiger charge is 2.11. The lowest BCUT2D eigenvalue weighted by Crippen LogP contribution is -2.25. The van der Waals surface area contributed by atoms with Crippen LogP contribution in [0.3, 0.4) is 0 Å². The number of nitrogens with zero attached hydrogens (tertiary/aromatic N) is 3. The van der Waals surface area contributed by atoms with E-state index in [1.165, 1.54) is 10.3 Å². The highest BCUT2D eigenvalue weighted by Crippen LogP contribution is 2.32. The molecule has 110 valence electrons. The number of rotatable bonds is 7. The summed E-state index contributed by atoms with van der Waals surface area (Å²) in [5, 5.41) is 5.34. The Morgan fingerprint density at radius 3 is 2.70 bits per heavy atom. The van der Waals surface area contributed by atoms with Gasteiger partial charge in [-0.05, 0) is 26.1 Å². The second kappa shape index (κ2) is 7.24. The molecule has 0 amide bonds. The summed E-state index contributed by atoms with van der Waals surface area (Å²) in [5.41, 5.74) is 0. The summed E-state index contributed by atoms with van der Waals surface area (Å²) in [4.78, 5) is 13.9. The van der Waals surface area contributed by atoms with Crippen LogP contribution in [0.2, 0.25) is 0 Å². The highest BCUT2D eigenvalue weighted by molar-refractivity contribution is 7.99. The minimum atomic E-state index is 0.713. The van der Waals surface area contributed by atoms with Crippen LogP contribution in [0.15, 0.2) is 11.1 Å². The Morgan fingerprint density at radius 1 is 1.30 bits per heavy atom. The monoisotopic (exact) mass is 310 g/mol. The van der Waals surface area contributed by atoms with E-state index in [0.29, 0.717) is 5.95 Å². The molecular formula is C14H22N4S2. The molecule has 0 aromatic carbocycles. The van der Waals surface area contributed by atoms with Crippen LogP contribution in [0.1, 0.15) is 18.7 Å². The van der Waals surface area contributed by atoms with Gasteiger partial charge in [-0.15, -0.1) is 23.1 Å². The normalized spacial score (nSPS) is 11.4. The molecular weight excluding hydrogens is 288 g/mol. The van der Waals surface area contributed by atoms with Gasteiger partial charge in [0, 0.05) is 29.6 Å². The smallest absolute Gasteiger partial charge is 0.224 e. The second-order valence-electron chi connectivity index (χ2n) is 4.55. The van der Waals surface area contributed by atoms with Gasteiger partial charge in [0.2, 0.25) is 5.95 Å². The number of hydrogen-bond acceptors (Lipinski definition) is 6. The fourth-order valence-electron chi connectivity index (χ4n) is 2.05. The summed E-state index contributed by atoms with van der Waals surface area (Å²) in [6.45, 7) is 9.85. The summed E-state index contributed by atoms with van der Waals surface area (Å²) in [6, 6.07) is 2.19. The number of aromatic nitrogens is 2. The van der Waals surface area contributed by atoms with E-state index in [2.05, 4.69) is 47.0 Å². The third kappa shape index (κ3) is 3.62. The highest BCUT2D eigenvalue weighted by atomic mass is 32.2.